The number of hydrogen-bond donors (Lipinski definition) is 2. The van der Waals surface area contributed by atoms with E-state index in [2.05, 4.69) is 15.0 Å². The summed E-state index contributed by atoms with van der Waals surface area (Å²) in [7, 11) is 0. The maximum atomic E-state index is 12.5. The first kappa shape index (κ1) is 41.7. The fourth-order valence-corrected chi connectivity index (χ4v) is 6.82. The molecule has 0 bridgehead atoms. The Morgan fingerprint density at radius 2 is 1.10 bits per heavy atom. The lowest BCUT2D eigenvalue weighted by molar-refractivity contribution is -0.119. The van der Waals surface area contributed by atoms with Crippen molar-refractivity contribution >= 4 is 34.9 Å². The lowest BCUT2D eigenvalue weighted by atomic mass is 10.0. The van der Waals surface area contributed by atoms with Gasteiger partial charge in [0.25, 0.3) is 0 Å². The highest BCUT2D eigenvalue weighted by atomic mass is 16.4. The van der Waals surface area contributed by atoms with Crippen LogP contribution in [0.15, 0.2) is 122 Å². The maximum Gasteiger partial charge on any atom is 0.335 e. The van der Waals surface area contributed by atoms with Gasteiger partial charge in [0, 0.05) is 93.2 Å². The number of amides is 2. The van der Waals surface area contributed by atoms with Crippen LogP contribution in [0.4, 0.5) is 11.4 Å². The van der Waals surface area contributed by atoms with Crippen LogP contribution in [0.2, 0.25) is 0 Å². The van der Waals surface area contributed by atoms with Gasteiger partial charge < -0.3 is 20.6 Å². The average Bonchev–Trinajstić information content (AvgIpc) is 3.93. The second-order valence-electron chi connectivity index (χ2n) is 13.9. The van der Waals surface area contributed by atoms with Gasteiger partial charge in [0.2, 0.25) is 11.8 Å². The van der Waals surface area contributed by atoms with Gasteiger partial charge in [-0.05, 0) is 66.1 Å². The Balaban J connectivity index is 0.000000171. The number of Topliss-reactive ketones (excluding diaryl/α,β-unsaturated/α-hetero) is 1. The van der Waals surface area contributed by atoms with Crippen molar-refractivity contribution in [2.24, 2.45) is 5.73 Å². The quantitative estimate of drug-likeness (QED) is 0.132. The lowest BCUT2D eigenvalue weighted by Gasteiger charge is -2.16. The number of fused-ring (bicyclic) bond motifs is 2. The van der Waals surface area contributed by atoms with Gasteiger partial charge >= 0.3 is 5.97 Å². The van der Waals surface area contributed by atoms with Crippen LogP contribution in [0.1, 0.15) is 76.3 Å². The molecule has 2 amide bonds. The summed E-state index contributed by atoms with van der Waals surface area (Å²) in [6.45, 7) is 5.68. The predicted molar refractivity (Wildman–Crippen MR) is 228 cm³/mol. The molecule has 0 unspecified atom stereocenters. The summed E-state index contributed by atoms with van der Waals surface area (Å²) in [6.07, 6.45) is 10.7. The van der Waals surface area contributed by atoms with E-state index >= 15 is 0 Å². The molecule has 3 N–H and O–H groups in total. The molecule has 59 heavy (non-hydrogen) atoms. The molecule has 4 aromatic heterocycles. The number of rotatable bonds is 10. The van der Waals surface area contributed by atoms with Crippen LogP contribution in [0, 0.1) is 0 Å². The number of pyridine rings is 4. The minimum Gasteiger partial charge on any atom is -0.478 e. The van der Waals surface area contributed by atoms with Gasteiger partial charge in [-0.2, -0.15) is 0 Å². The Hall–Kier alpha value is -6.92. The van der Waals surface area contributed by atoms with Crippen LogP contribution < -0.4 is 15.5 Å². The van der Waals surface area contributed by atoms with Crippen molar-refractivity contribution in [2.75, 3.05) is 22.9 Å². The van der Waals surface area contributed by atoms with Gasteiger partial charge in [0.1, 0.15) is 0 Å². The van der Waals surface area contributed by atoms with Crippen LogP contribution >= 0.6 is 0 Å². The Morgan fingerprint density at radius 1 is 0.627 bits per heavy atom. The second kappa shape index (κ2) is 20.0. The number of aromatic carboxylic acids is 1. The van der Waals surface area contributed by atoms with E-state index in [0.29, 0.717) is 50.9 Å². The van der Waals surface area contributed by atoms with E-state index < -0.39 is 5.97 Å². The fraction of sp³-hybridized carbons (Fsp3) is 0.234. The molecule has 0 atom stereocenters. The van der Waals surface area contributed by atoms with Gasteiger partial charge in [-0.3, -0.25) is 34.3 Å². The molecule has 6 aromatic rings. The molecule has 0 aliphatic carbocycles. The van der Waals surface area contributed by atoms with Crippen molar-refractivity contribution in [3.8, 4) is 22.5 Å². The smallest absolute Gasteiger partial charge is 0.335 e. The molecule has 2 aliphatic heterocycles. The number of carboxylic acid groups (broad SMARTS) is 1. The molecule has 12 heteroatoms. The summed E-state index contributed by atoms with van der Waals surface area (Å²) in [5, 5.41) is 8.92. The molecule has 8 rings (SSSR count). The first-order valence-corrected chi connectivity index (χ1v) is 19.7. The highest BCUT2D eigenvalue weighted by Crippen LogP contribution is 2.31. The Bertz CT molecular complexity index is 2390. The molecule has 0 fully saturated rings. The third-order valence-corrected chi connectivity index (χ3v) is 10.1. The lowest BCUT2D eigenvalue weighted by Crippen LogP contribution is -2.27. The van der Waals surface area contributed by atoms with Gasteiger partial charge in [0.05, 0.1) is 39.7 Å². The zero-order valence-electron chi connectivity index (χ0n) is 33.3. The third kappa shape index (κ3) is 10.5. The topological polar surface area (TPSA) is 173 Å². The number of carbonyl (C=O) groups excluding carboxylic acids is 3. The van der Waals surface area contributed by atoms with Crippen molar-refractivity contribution in [3.63, 3.8) is 0 Å². The van der Waals surface area contributed by atoms with Crippen LogP contribution in [0.5, 0.6) is 0 Å². The number of carbonyl (C=O) groups is 4. The zero-order chi connectivity index (χ0) is 41.7. The number of ketones is 1. The first-order chi connectivity index (χ1) is 28.7. The van der Waals surface area contributed by atoms with Crippen molar-refractivity contribution in [2.45, 2.75) is 58.9 Å². The highest BCUT2D eigenvalue weighted by molar-refractivity contribution is 5.97. The number of benzene rings is 2. The second-order valence-corrected chi connectivity index (χ2v) is 13.9. The van der Waals surface area contributed by atoms with Crippen molar-refractivity contribution < 1.29 is 24.3 Å². The molecule has 0 saturated carbocycles. The summed E-state index contributed by atoms with van der Waals surface area (Å²) >= 11 is 0. The number of nitrogens with zero attached hydrogens (tertiary/aromatic N) is 6. The zero-order valence-corrected chi connectivity index (χ0v) is 33.3. The van der Waals surface area contributed by atoms with Crippen LogP contribution in [0.25, 0.3) is 22.5 Å². The Morgan fingerprint density at radius 3 is 1.51 bits per heavy atom. The molecule has 6 heterocycles. The van der Waals surface area contributed by atoms with E-state index in [9.17, 15) is 19.2 Å². The summed E-state index contributed by atoms with van der Waals surface area (Å²) in [5.41, 5.74) is 15.6. The van der Waals surface area contributed by atoms with E-state index in [1.165, 1.54) is 0 Å². The molecule has 0 saturated heterocycles. The van der Waals surface area contributed by atoms with Crippen molar-refractivity contribution in [3.05, 3.63) is 155 Å². The van der Waals surface area contributed by atoms with Crippen molar-refractivity contribution in [1.82, 2.24) is 19.9 Å². The average molecular weight is 790 g/mol. The molecule has 0 radical (unpaired) electrons. The molecule has 300 valence electrons. The summed E-state index contributed by atoms with van der Waals surface area (Å²) < 4.78 is 0. The number of nitrogens with two attached hydrogens (primary N) is 1. The minimum atomic E-state index is -0.942. The van der Waals surface area contributed by atoms with E-state index in [0.717, 1.165) is 69.2 Å². The third-order valence-electron chi connectivity index (χ3n) is 10.1. The summed E-state index contributed by atoms with van der Waals surface area (Å²) in [5.74, 6) is -0.579. The first-order valence-electron chi connectivity index (χ1n) is 19.7. The monoisotopic (exact) mass is 789 g/mol. The van der Waals surface area contributed by atoms with Gasteiger partial charge in [-0.1, -0.05) is 62.4 Å². The molecule has 2 aromatic carbocycles. The molecule has 0 spiro atoms. The fourth-order valence-electron chi connectivity index (χ4n) is 6.82. The van der Waals surface area contributed by atoms with E-state index in [1.54, 1.807) is 54.0 Å². The van der Waals surface area contributed by atoms with E-state index in [-0.39, 0.29) is 23.2 Å². The van der Waals surface area contributed by atoms with E-state index in [1.807, 2.05) is 91.5 Å². The van der Waals surface area contributed by atoms with E-state index in [4.69, 9.17) is 15.8 Å². The number of anilines is 2. The van der Waals surface area contributed by atoms with Crippen LogP contribution in [-0.2, 0) is 35.4 Å². The molecule has 2 aliphatic rings. The number of carboxylic acids is 1. The summed E-state index contributed by atoms with van der Waals surface area (Å²) in [4.78, 5) is 68.2. The van der Waals surface area contributed by atoms with Crippen LogP contribution in [0.3, 0.4) is 0 Å². The number of aromatic nitrogens is 4. The van der Waals surface area contributed by atoms with Gasteiger partial charge in [0.15, 0.2) is 5.78 Å². The van der Waals surface area contributed by atoms with Crippen LogP contribution in [-0.4, -0.2) is 61.7 Å². The standard InChI is InChI=1S/C24H23N3O2.C17H16N2O3.C6H8N2/c1-2-24(29)27-15-13-21-22(27)11-10-20(26-21)18-6-8-19(9-7-18)23(28)12-5-17-4-3-14-25-16-17;1-2-16(20)19-10-9-14-15(19)8-7-13(18-14)11-3-5-12(6-4-11)17(21)22;7-4-6-2-1-3-8-5-6/h3-4,6-11,14,16H,2,5,12-13,15H2,1H3;3-8H,2,9-10H2,1H3,(H,21,22);1-3,5H,4,7H2. The van der Waals surface area contributed by atoms with Gasteiger partial charge in [-0.25, -0.2) is 4.79 Å². The van der Waals surface area contributed by atoms with Gasteiger partial charge in [-0.15, -0.1) is 0 Å². The molecular weight excluding hydrogens is 743 g/mol. The molecular formula is C47H47N7O5. The number of aryl methyl sites for hydroxylation is 1. The Labute approximate surface area is 343 Å². The maximum absolute atomic E-state index is 12.5. The minimum absolute atomic E-state index is 0.110. The SMILES string of the molecule is CCC(=O)N1CCc2nc(-c3ccc(C(=O)CCc4cccnc4)cc3)ccc21.CCC(=O)N1CCc2nc(-c3ccc(C(=O)O)cc3)ccc21.NCc1cccnc1. The normalized spacial score (nSPS) is 12.3. The molecule has 12 nitrogen and oxygen atoms in total. The predicted octanol–water partition coefficient (Wildman–Crippen LogP) is 7.54. The number of hydrogen-bond acceptors (Lipinski definition) is 9. The highest BCUT2D eigenvalue weighted by Gasteiger charge is 2.26. The largest absolute Gasteiger partial charge is 0.478 e. The Kier molecular flexibility index (Phi) is 14.1. The van der Waals surface area contributed by atoms with Crippen molar-refractivity contribution in [1.29, 1.82) is 0 Å². The summed E-state index contributed by atoms with van der Waals surface area (Å²) in [6, 6.07) is 29.7.